The number of hydrogen-bond acceptors (Lipinski definition) is 2. The molecule has 106 valence electrons. The molecule has 1 nitrogen and oxygen atoms in total. The lowest BCUT2D eigenvalue weighted by atomic mass is 9.85. The van der Waals surface area contributed by atoms with Crippen molar-refractivity contribution in [1.29, 1.82) is 0 Å². The van der Waals surface area contributed by atoms with E-state index in [9.17, 15) is 0 Å². The number of ether oxygens (including phenoxy) is 1. The molecule has 3 rings (SSSR count). The molecule has 5 heteroatoms. The van der Waals surface area contributed by atoms with Crippen LogP contribution in [-0.2, 0) is 5.41 Å². The molecule has 1 aliphatic heterocycles. The standard InChI is InChI=1S/C15H13Cl3OS/c1-15(2)7-19-11-4-3-8(5-10(11)15)13(17)9-6-12(16)20-14(9)18/h3-6,13H,7H2,1-2H3. The molecule has 20 heavy (non-hydrogen) atoms. The smallest absolute Gasteiger partial charge is 0.123 e. The number of halogens is 3. The fraction of sp³-hybridized carbons (Fsp3) is 0.333. The van der Waals surface area contributed by atoms with E-state index in [0.29, 0.717) is 15.3 Å². The minimum Gasteiger partial charge on any atom is -0.492 e. The summed E-state index contributed by atoms with van der Waals surface area (Å²) in [6.45, 7) is 5.03. The van der Waals surface area contributed by atoms with E-state index in [1.807, 2.05) is 18.2 Å². The van der Waals surface area contributed by atoms with Crippen LogP contribution in [0.4, 0.5) is 0 Å². The summed E-state index contributed by atoms with van der Waals surface area (Å²) in [7, 11) is 0. The summed E-state index contributed by atoms with van der Waals surface area (Å²) < 4.78 is 6.99. The van der Waals surface area contributed by atoms with Crippen LogP contribution in [0.1, 0.15) is 35.9 Å². The van der Waals surface area contributed by atoms with Crippen molar-refractivity contribution >= 4 is 46.1 Å². The van der Waals surface area contributed by atoms with E-state index >= 15 is 0 Å². The van der Waals surface area contributed by atoms with Crippen molar-refractivity contribution in [2.75, 3.05) is 6.61 Å². The minimum absolute atomic E-state index is 0.0119. The zero-order chi connectivity index (χ0) is 14.5. The van der Waals surface area contributed by atoms with Crippen molar-refractivity contribution in [3.63, 3.8) is 0 Å². The topological polar surface area (TPSA) is 9.23 Å². The van der Waals surface area contributed by atoms with E-state index in [1.165, 1.54) is 16.9 Å². The molecular weight excluding hydrogens is 335 g/mol. The van der Waals surface area contributed by atoms with Gasteiger partial charge in [0.25, 0.3) is 0 Å². The molecule has 0 fully saturated rings. The van der Waals surface area contributed by atoms with Gasteiger partial charge in [-0.2, -0.15) is 0 Å². The second-order valence-electron chi connectivity index (χ2n) is 5.57. The second-order valence-corrected chi connectivity index (χ2v) is 8.29. The van der Waals surface area contributed by atoms with Crippen LogP contribution >= 0.6 is 46.1 Å². The van der Waals surface area contributed by atoms with Gasteiger partial charge < -0.3 is 4.74 Å². The molecule has 1 aromatic heterocycles. The van der Waals surface area contributed by atoms with Gasteiger partial charge in [-0.25, -0.2) is 0 Å². The van der Waals surface area contributed by atoms with Gasteiger partial charge in [0.1, 0.15) is 5.75 Å². The Balaban J connectivity index is 2.02. The summed E-state index contributed by atoms with van der Waals surface area (Å²) >= 11 is 20.1. The van der Waals surface area contributed by atoms with Crippen molar-refractivity contribution in [1.82, 2.24) is 0 Å². The van der Waals surface area contributed by atoms with Gasteiger partial charge in [-0.3, -0.25) is 0 Å². The molecule has 1 unspecified atom stereocenters. The molecule has 0 radical (unpaired) electrons. The molecule has 0 spiro atoms. The summed E-state index contributed by atoms with van der Waals surface area (Å²) in [5, 5.41) is -0.298. The summed E-state index contributed by atoms with van der Waals surface area (Å²) in [6.07, 6.45) is 0. The quantitative estimate of drug-likeness (QED) is 0.601. The fourth-order valence-electron chi connectivity index (χ4n) is 2.40. The van der Waals surface area contributed by atoms with Crippen LogP contribution in [0.15, 0.2) is 24.3 Å². The van der Waals surface area contributed by atoms with Crippen LogP contribution in [0, 0.1) is 0 Å². The van der Waals surface area contributed by atoms with Gasteiger partial charge >= 0.3 is 0 Å². The second kappa shape index (κ2) is 5.10. The molecule has 0 amide bonds. The highest BCUT2D eigenvalue weighted by atomic mass is 35.5. The van der Waals surface area contributed by atoms with Gasteiger partial charge in [0.2, 0.25) is 0 Å². The summed E-state index contributed by atoms with van der Waals surface area (Å²) in [5.74, 6) is 0.942. The Bertz CT molecular complexity index is 663. The van der Waals surface area contributed by atoms with Crippen LogP contribution in [0.5, 0.6) is 5.75 Å². The van der Waals surface area contributed by atoms with E-state index in [0.717, 1.165) is 16.9 Å². The highest BCUT2D eigenvalue weighted by Crippen LogP contribution is 2.44. The van der Waals surface area contributed by atoms with Gasteiger partial charge in [0.05, 0.1) is 20.7 Å². The first-order chi connectivity index (χ1) is 9.38. The van der Waals surface area contributed by atoms with Gasteiger partial charge in [0.15, 0.2) is 0 Å². The predicted octanol–water partition coefficient (Wildman–Crippen LogP) is 6.05. The molecule has 0 saturated carbocycles. The third kappa shape index (κ3) is 2.43. The van der Waals surface area contributed by atoms with Gasteiger partial charge in [0, 0.05) is 16.5 Å². The van der Waals surface area contributed by atoms with Gasteiger partial charge in [-0.1, -0.05) is 43.1 Å². The molecule has 2 heterocycles. The first-order valence-corrected chi connectivity index (χ1v) is 8.25. The largest absolute Gasteiger partial charge is 0.492 e. The third-order valence-corrected chi connectivity index (χ3v) is 5.58. The number of alkyl halides is 1. The highest BCUT2D eigenvalue weighted by molar-refractivity contribution is 7.20. The van der Waals surface area contributed by atoms with Crippen molar-refractivity contribution in [2.45, 2.75) is 24.6 Å². The maximum Gasteiger partial charge on any atom is 0.123 e. The van der Waals surface area contributed by atoms with Crippen molar-refractivity contribution in [2.24, 2.45) is 0 Å². The molecule has 1 aliphatic rings. The van der Waals surface area contributed by atoms with Crippen molar-refractivity contribution < 1.29 is 4.74 Å². The third-order valence-electron chi connectivity index (χ3n) is 3.57. The predicted molar refractivity (Wildman–Crippen MR) is 87.0 cm³/mol. The van der Waals surface area contributed by atoms with E-state index in [1.54, 1.807) is 0 Å². The number of rotatable bonds is 2. The van der Waals surface area contributed by atoms with Crippen LogP contribution in [0.2, 0.25) is 8.67 Å². The summed E-state index contributed by atoms with van der Waals surface area (Å²) in [5.41, 5.74) is 3.08. The van der Waals surface area contributed by atoms with E-state index in [2.05, 4.69) is 19.9 Å². The van der Waals surface area contributed by atoms with Crippen molar-refractivity contribution in [3.05, 3.63) is 49.6 Å². The summed E-state index contributed by atoms with van der Waals surface area (Å²) in [6, 6.07) is 7.92. The lowest BCUT2D eigenvalue weighted by Gasteiger charge is -2.17. The summed E-state index contributed by atoms with van der Waals surface area (Å²) in [4.78, 5) is 0. The zero-order valence-electron chi connectivity index (χ0n) is 11.0. The van der Waals surface area contributed by atoms with Crippen LogP contribution < -0.4 is 4.74 Å². The minimum atomic E-state index is -0.298. The number of benzene rings is 1. The molecule has 1 aromatic carbocycles. The Morgan fingerprint density at radius 3 is 2.65 bits per heavy atom. The fourth-order valence-corrected chi connectivity index (χ4v) is 4.36. The number of thiophene rings is 1. The molecule has 0 saturated heterocycles. The van der Waals surface area contributed by atoms with E-state index < -0.39 is 0 Å². The molecule has 1 atom stereocenters. The normalized spacial score (nSPS) is 17.6. The van der Waals surface area contributed by atoms with Crippen LogP contribution in [0.3, 0.4) is 0 Å². The maximum atomic E-state index is 6.57. The Hall–Kier alpha value is -0.410. The molecule has 0 bridgehead atoms. The average molecular weight is 348 g/mol. The monoisotopic (exact) mass is 346 g/mol. The first-order valence-electron chi connectivity index (χ1n) is 6.24. The van der Waals surface area contributed by atoms with Gasteiger partial charge in [-0.05, 0) is 23.8 Å². The van der Waals surface area contributed by atoms with Gasteiger partial charge in [-0.15, -0.1) is 22.9 Å². The van der Waals surface area contributed by atoms with Crippen LogP contribution in [0.25, 0.3) is 0 Å². The average Bonchev–Trinajstić information content (AvgIpc) is 2.88. The Kier molecular flexibility index (Phi) is 3.70. The maximum absolute atomic E-state index is 6.57. The van der Waals surface area contributed by atoms with E-state index in [-0.39, 0.29) is 10.8 Å². The SMILES string of the molecule is CC1(C)COc2ccc(C(Cl)c3cc(Cl)sc3Cl)cc21. The van der Waals surface area contributed by atoms with E-state index in [4.69, 9.17) is 39.5 Å². The lowest BCUT2D eigenvalue weighted by molar-refractivity contribution is 0.291. The Morgan fingerprint density at radius 1 is 1.25 bits per heavy atom. The lowest BCUT2D eigenvalue weighted by Crippen LogP contribution is -2.18. The molecule has 2 aromatic rings. The zero-order valence-corrected chi connectivity index (χ0v) is 14.1. The Morgan fingerprint density at radius 2 is 2.00 bits per heavy atom. The van der Waals surface area contributed by atoms with Crippen LogP contribution in [-0.4, -0.2) is 6.61 Å². The number of hydrogen-bond donors (Lipinski definition) is 0. The molecular formula is C15H13Cl3OS. The van der Waals surface area contributed by atoms with Crippen molar-refractivity contribution in [3.8, 4) is 5.75 Å². The first kappa shape index (κ1) is 14.5. The molecule has 0 aliphatic carbocycles. The Labute approximate surface area is 137 Å². The molecule has 0 N–H and O–H groups in total. The highest BCUT2D eigenvalue weighted by Gasteiger charge is 2.32. The number of fused-ring (bicyclic) bond motifs is 1.